The second-order valence-electron chi connectivity index (χ2n) is 8.95. The summed E-state index contributed by atoms with van der Waals surface area (Å²) in [6.45, 7) is 0.733. The number of fused-ring (bicyclic) bond motifs is 2. The Hall–Kier alpha value is -5.30. The van der Waals surface area contributed by atoms with Crippen molar-refractivity contribution < 1.29 is 4.92 Å². The van der Waals surface area contributed by atoms with Crippen molar-refractivity contribution in [2.24, 2.45) is 0 Å². The predicted molar refractivity (Wildman–Crippen MR) is 150 cm³/mol. The third-order valence-electron chi connectivity index (χ3n) is 6.55. The van der Waals surface area contributed by atoms with Crippen molar-refractivity contribution >= 4 is 39.6 Å². The lowest BCUT2D eigenvalue weighted by molar-refractivity contribution is -0.384. The summed E-state index contributed by atoms with van der Waals surface area (Å²) in [6.07, 6.45) is 5.88. The van der Waals surface area contributed by atoms with Gasteiger partial charge in [-0.05, 0) is 48.0 Å². The lowest BCUT2D eigenvalue weighted by Crippen LogP contribution is -2.22. The molecule has 0 amide bonds. The van der Waals surface area contributed by atoms with Gasteiger partial charge in [-0.25, -0.2) is 4.98 Å². The Labute approximate surface area is 217 Å². The van der Waals surface area contributed by atoms with Crippen molar-refractivity contribution in [3.05, 3.63) is 147 Å². The Morgan fingerprint density at radius 2 is 1.47 bits per heavy atom. The van der Waals surface area contributed by atoms with E-state index in [1.54, 1.807) is 30.3 Å². The van der Waals surface area contributed by atoms with Gasteiger partial charge in [0.05, 0.1) is 21.5 Å². The minimum absolute atomic E-state index is 0.0427. The molecule has 6 aromatic rings. The highest BCUT2D eigenvalue weighted by Crippen LogP contribution is 2.25. The van der Waals surface area contributed by atoms with Gasteiger partial charge in [-0.15, -0.1) is 0 Å². The van der Waals surface area contributed by atoms with Gasteiger partial charge in [-0.3, -0.25) is 19.5 Å². The maximum absolute atomic E-state index is 13.6. The second kappa shape index (κ2) is 9.63. The molecule has 38 heavy (non-hydrogen) atoms. The number of nitro groups is 1. The lowest BCUT2D eigenvalue weighted by atomic mass is 10.1. The monoisotopic (exact) mass is 498 g/mol. The van der Waals surface area contributed by atoms with Crippen LogP contribution in [0.25, 0.3) is 39.6 Å². The third kappa shape index (κ3) is 4.26. The summed E-state index contributed by atoms with van der Waals surface area (Å²) in [7, 11) is 0. The molecule has 2 aromatic heterocycles. The number of non-ortho nitro benzene ring substituents is 1. The van der Waals surface area contributed by atoms with Crippen LogP contribution in [0.3, 0.4) is 0 Å². The fraction of sp³-hybridized carbons (Fsp3) is 0.0323. The minimum Gasteiger partial charge on any atom is -0.342 e. The van der Waals surface area contributed by atoms with Gasteiger partial charge in [0.15, 0.2) is 0 Å². The van der Waals surface area contributed by atoms with Crippen molar-refractivity contribution in [3.8, 4) is 5.69 Å². The molecule has 2 heterocycles. The molecule has 7 heteroatoms. The van der Waals surface area contributed by atoms with Crippen molar-refractivity contribution in [1.82, 2.24) is 14.1 Å². The van der Waals surface area contributed by atoms with Crippen LogP contribution in [0.1, 0.15) is 17.0 Å². The van der Waals surface area contributed by atoms with Crippen molar-refractivity contribution in [2.45, 2.75) is 6.54 Å². The quantitative estimate of drug-likeness (QED) is 0.195. The molecule has 0 saturated heterocycles. The van der Waals surface area contributed by atoms with Gasteiger partial charge in [-0.1, -0.05) is 60.7 Å². The Morgan fingerprint density at radius 1 is 0.789 bits per heavy atom. The van der Waals surface area contributed by atoms with Gasteiger partial charge >= 0.3 is 0 Å². The number of aromatic nitrogens is 3. The molecule has 0 unspecified atom stereocenters. The summed E-state index contributed by atoms with van der Waals surface area (Å²) in [5.41, 5.74) is 4.11. The number of para-hydroxylation sites is 2. The first-order chi connectivity index (χ1) is 18.6. The van der Waals surface area contributed by atoms with Crippen molar-refractivity contribution in [3.63, 3.8) is 0 Å². The molecule has 0 aliphatic heterocycles. The Balaban J connectivity index is 1.48. The van der Waals surface area contributed by atoms with Gasteiger partial charge in [0.25, 0.3) is 11.2 Å². The van der Waals surface area contributed by atoms with E-state index in [1.807, 2.05) is 48.6 Å². The molecule has 0 atom stereocenters. The standard InChI is InChI=1S/C31H22N4O3/c36-31-27-11-4-6-12-28(27)32-30(34(31)24-15-17-25(18-16-24)35(37)38)19-14-23-21-33(20-22-8-2-1-3-9-22)29-13-7-5-10-26(23)29/h1-19,21H,20H2. The number of hydrogen-bond acceptors (Lipinski definition) is 4. The Kier molecular flexibility index (Phi) is 5.86. The lowest BCUT2D eigenvalue weighted by Gasteiger charge is -2.11. The second-order valence-corrected chi connectivity index (χ2v) is 8.95. The van der Waals surface area contributed by atoms with Crippen molar-refractivity contribution in [2.75, 3.05) is 0 Å². The molecular formula is C31H22N4O3. The van der Waals surface area contributed by atoms with E-state index in [2.05, 4.69) is 35.0 Å². The highest BCUT2D eigenvalue weighted by molar-refractivity contribution is 5.92. The topological polar surface area (TPSA) is 83.0 Å². The van der Waals surface area contributed by atoms with Crippen LogP contribution in [0.15, 0.2) is 114 Å². The summed E-state index contributed by atoms with van der Waals surface area (Å²) in [4.78, 5) is 29.0. The van der Waals surface area contributed by atoms with Gasteiger partial charge in [0.2, 0.25) is 0 Å². The van der Waals surface area contributed by atoms with Gasteiger partial charge in [-0.2, -0.15) is 0 Å². The zero-order chi connectivity index (χ0) is 26.1. The van der Waals surface area contributed by atoms with E-state index in [0.717, 1.165) is 23.0 Å². The first-order valence-electron chi connectivity index (χ1n) is 12.1. The molecule has 7 nitrogen and oxygen atoms in total. The zero-order valence-electron chi connectivity index (χ0n) is 20.3. The van der Waals surface area contributed by atoms with Crippen LogP contribution >= 0.6 is 0 Å². The largest absolute Gasteiger partial charge is 0.342 e. The van der Waals surface area contributed by atoms with Crippen LogP contribution in [0, 0.1) is 10.1 Å². The number of rotatable bonds is 6. The summed E-state index contributed by atoms with van der Waals surface area (Å²) >= 11 is 0. The Bertz CT molecular complexity index is 1880. The summed E-state index contributed by atoms with van der Waals surface area (Å²) in [5, 5.41) is 12.7. The summed E-state index contributed by atoms with van der Waals surface area (Å²) in [6, 6.07) is 31.6. The van der Waals surface area contributed by atoms with Crippen LogP contribution < -0.4 is 5.56 Å². The maximum atomic E-state index is 13.6. The van der Waals surface area contributed by atoms with E-state index >= 15 is 0 Å². The van der Waals surface area contributed by atoms with Crippen LogP contribution in [-0.2, 0) is 6.54 Å². The van der Waals surface area contributed by atoms with E-state index in [-0.39, 0.29) is 11.2 Å². The van der Waals surface area contributed by atoms with Gasteiger partial charge < -0.3 is 4.57 Å². The highest BCUT2D eigenvalue weighted by atomic mass is 16.6. The molecular weight excluding hydrogens is 476 g/mol. The average Bonchev–Trinajstić information content (AvgIpc) is 3.30. The van der Waals surface area contributed by atoms with E-state index in [9.17, 15) is 14.9 Å². The summed E-state index contributed by atoms with van der Waals surface area (Å²) in [5.74, 6) is 0.433. The molecule has 4 aromatic carbocycles. The molecule has 0 fully saturated rings. The normalized spacial score (nSPS) is 11.5. The maximum Gasteiger partial charge on any atom is 0.269 e. The van der Waals surface area contributed by atoms with Crippen LogP contribution in [0.2, 0.25) is 0 Å². The molecule has 0 N–H and O–H groups in total. The van der Waals surface area contributed by atoms with E-state index in [0.29, 0.717) is 22.4 Å². The molecule has 0 aliphatic rings. The number of nitrogens with zero attached hydrogens (tertiary/aromatic N) is 4. The average molecular weight is 499 g/mol. The minimum atomic E-state index is -0.461. The number of nitro benzene ring substituents is 1. The Morgan fingerprint density at radius 3 is 2.24 bits per heavy atom. The number of hydrogen-bond donors (Lipinski definition) is 0. The van der Waals surface area contributed by atoms with Crippen LogP contribution in [0.5, 0.6) is 0 Å². The van der Waals surface area contributed by atoms with Gasteiger partial charge in [0.1, 0.15) is 5.82 Å². The molecule has 0 aliphatic carbocycles. The van der Waals surface area contributed by atoms with Crippen molar-refractivity contribution in [1.29, 1.82) is 0 Å². The molecule has 0 saturated carbocycles. The van der Waals surface area contributed by atoms with Gasteiger partial charge in [0, 0.05) is 41.3 Å². The zero-order valence-corrected chi connectivity index (χ0v) is 20.3. The smallest absolute Gasteiger partial charge is 0.269 e. The fourth-order valence-electron chi connectivity index (χ4n) is 4.72. The molecule has 0 radical (unpaired) electrons. The SMILES string of the molecule is O=c1c2ccccc2nc(C=Cc2cn(Cc3ccccc3)c3ccccc23)n1-c1ccc([N+](=O)[O-])cc1. The first-order valence-corrected chi connectivity index (χ1v) is 12.1. The molecule has 6 rings (SSSR count). The molecule has 184 valence electrons. The first kappa shape index (κ1) is 23.1. The highest BCUT2D eigenvalue weighted by Gasteiger charge is 2.13. The van der Waals surface area contributed by atoms with E-state index < -0.39 is 4.92 Å². The van der Waals surface area contributed by atoms with E-state index in [1.165, 1.54) is 22.3 Å². The van der Waals surface area contributed by atoms with E-state index in [4.69, 9.17) is 4.98 Å². The summed E-state index contributed by atoms with van der Waals surface area (Å²) < 4.78 is 3.70. The molecule has 0 spiro atoms. The van der Waals surface area contributed by atoms with Crippen LogP contribution in [0.4, 0.5) is 5.69 Å². The third-order valence-corrected chi connectivity index (χ3v) is 6.55. The predicted octanol–water partition coefficient (Wildman–Crippen LogP) is 6.47. The fourth-order valence-corrected chi connectivity index (χ4v) is 4.72. The number of benzene rings is 4. The molecule has 0 bridgehead atoms. The van der Waals surface area contributed by atoms with Crippen LogP contribution in [-0.4, -0.2) is 19.0 Å².